The summed E-state index contributed by atoms with van der Waals surface area (Å²) in [5.74, 6) is -0.313. The van der Waals surface area contributed by atoms with Gasteiger partial charge in [0.2, 0.25) is 0 Å². The van der Waals surface area contributed by atoms with Gasteiger partial charge in [-0.2, -0.15) is 0 Å². The molecule has 0 aliphatic carbocycles. The summed E-state index contributed by atoms with van der Waals surface area (Å²) < 4.78 is 5.26. The maximum absolute atomic E-state index is 11.1. The fourth-order valence-electron chi connectivity index (χ4n) is 0.966. The molecule has 0 aliphatic heterocycles. The van der Waals surface area contributed by atoms with Gasteiger partial charge in [-0.3, -0.25) is 9.78 Å². The number of aromatic nitrogens is 1. The number of carbonyl (C=O) groups is 1. The molecule has 1 rings (SSSR count). The van der Waals surface area contributed by atoms with Gasteiger partial charge in [-0.1, -0.05) is 0 Å². The fraction of sp³-hybridized carbons (Fsp3) is 0.333. The van der Waals surface area contributed by atoms with Crippen molar-refractivity contribution in [3.63, 3.8) is 0 Å². The summed E-state index contributed by atoms with van der Waals surface area (Å²) in [4.78, 5) is 14.9. The van der Waals surface area contributed by atoms with Crippen molar-refractivity contribution in [2.45, 2.75) is 13.3 Å². The van der Waals surface area contributed by atoms with Crippen molar-refractivity contribution in [2.24, 2.45) is 0 Å². The van der Waals surface area contributed by atoms with Crippen LogP contribution in [-0.4, -0.2) is 22.7 Å². The second kappa shape index (κ2) is 4.95. The van der Waals surface area contributed by atoms with Crippen LogP contribution in [0.5, 0.6) is 5.75 Å². The average molecular weight is 260 g/mol. The lowest BCUT2D eigenvalue weighted by Crippen LogP contribution is -2.08. The highest BCUT2D eigenvalue weighted by Gasteiger charge is 2.10. The minimum Gasteiger partial charge on any atom is -0.505 e. The van der Waals surface area contributed by atoms with Crippen molar-refractivity contribution in [3.05, 3.63) is 22.4 Å². The number of pyridine rings is 1. The number of ether oxygens (including phenoxy) is 1. The van der Waals surface area contributed by atoms with E-state index in [1.165, 1.54) is 12.4 Å². The summed E-state index contributed by atoms with van der Waals surface area (Å²) in [5.41, 5.74) is 0.614. The minimum atomic E-state index is -0.333. The molecule has 0 atom stereocenters. The highest BCUT2D eigenvalue weighted by molar-refractivity contribution is 9.10. The van der Waals surface area contributed by atoms with Gasteiger partial charge in [0, 0.05) is 6.20 Å². The van der Waals surface area contributed by atoms with Crippen LogP contribution in [0.1, 0.15) is 12.5 Å². The third-order valence-corrected chi connectivity index (χ3v) is 2.49. The maximum atomic E-state index is 11.1. The van der Waals surface area contributed by atoms with Crippen LogP contribution < -0.4 is 0 Å². The number of esters is 1. The molecule has 0 aromatic carbocycles. The second-order valence-corrected chi connectivity index (χ2v) is 3.41. The molecule has 5 heteroatoms. The van der Waals surface area contributed by atoms with Crippen LogP contribution in [-0.2, 0) is 16.0 Å². The van der Waals surface area contributed by atoms with Crippen LogP contribution in [0.2, 0.25) is 0 Å². The van der Waals surface area contributed by atoms with Gasteiger partial charge in [0.05, 0.1) is 23.7 Å². The SMILES string of the molecule is CCOC(=O)Cc1cncc(O)c1Br. The van der Waals surface area contributed by atoms with Crippen molar-refractivity contribution in [2.75, 3.05) is 6.61 Å². The lowest BCUT2D eigenvalue weighted by atomic mass is 10.2. The summed E-state index contributed by atoms with van der Waals surface area (Å²) in [6, 6.07) is 0. The molecule has 1 N–H and O–H groups in total. The van der Waals surface area contributed by atoms with Crippen LogP contribution in [0.25, 0.3) is 0 Å². The molecule has 0 spiro atoms. The van der Waals surface area contributed by atoms with Crippen molar-refractivity contribution in [3.8, 4) is 5.75 Å². The zero-order chi connectivity index (χ0) is 10.6. The summed E-state index contributed by atoms with van der Waals surface area (Å²) in [6.45, 7) is 2.09. The van der Waals surface area contributed by atoms with E-state index >= 15 is 0 Å². The number of halogens is 1. The van der Waals surface area contributed by atoms with Crippen LogP contribution in [0, 0.1) is 0 Å². The Morgan fingerprint density at radius 3 is 3.00 bits per heavy atom. The number of hydrogen-bond donors (Lipinski definition) is 1. The van der Waals surface area contributed by atoms with Gasteiger partial charge in [0.1, 0.15) is 5.75 Å². The minimum absolute atomic E-state index is 0.0202. The Bertz CT molecular complexity index is 341. The van der Waals surface area contributed by atoms with E-state index in [1.54, 1.807) is 6.92 Å². The number of nitrogens with zero attached hydrogens (tertiary/aromatic N) is 1. The molecule has 0 amide bonds. The average Bonchev–Trinajstić information content (AvgIpc) is 2.13. The number of rotatable bonds is 3. The van der Waals surface area contributed by atoms with Gasteiger partial charge in [0.25, 0.3) is 0 Å². The van der Waals surface area contributed by atoms with Gasteiger partial charge in [0.15, 0.2) is 0 Å². The first-order valence-electron chi connectivity index (χ1n) is 4.12. The first kappa shape index (κ1) is 11.0. The van der Waals surface area contributed by atoms with Gasteiger partial charge >= 0.3 is 5.97 Å². The van der Waals surface area contributed by atoms with Crippen molar-refractivity contribution >= 4 is 21.9 Å². The van der Waals surface area contributed by atoms with Crippen LogP contribution in [0.3, 0.4) is 0 Å². The smallest absolute Gasteiger partial charge is 0.310 e. The topological polar surface area (TPSA) is 59.4 Å². The molecule has 76 valence electrons. The summed E-state index contributed by atoms with van der Waals surface area (Å²) in [5, 5.41) is 9.28. The van der Waals surface area contributed by atoms with E-state index in [-0.39, 0.29) is 18.1 Å². The third-order valence-electron chi connectivity index (χ3n) is 1.57. The zero-order valence-electron chi connectivity index (χ0n) is 7.66. The first-order chi connectivity index (χ1) is 6.65. The molecule has 14 heavy (non-hydrogen) atoms. The van der Waals surface area contributed by atoms with E-state index in [2.05, 4.69) is 20.9 Å². The lowest BCUT2D eigenvalue weighted by Gasteiger charge is -2.04. The summed E-state index contributed by atoms with van der Waals surface area (Å²) in [7, 11) is 0. The number of hydrogen-bond acceptors (Lipinski definition) is 4. The largest absolute Gasteiger partial charge is 0.505 e. The van der Waals surface area contributed by atoms with E-state index in [1.807, 2.05) is 0 Å². The van der Waals surface area contributed by atoms with Crippen LogP contribution in [0.4, 0.5) is 0 Å². The van der Waals surface area contributed by atoms with Crippen molar-refractivity contribution < 1.29 is 14.6 Å². The predicted octanol–water partition coefficient (Wildman–Crippen LogP) is 1.66. The Balaban J connectivity index is 2.76. The summed E-state index contributed by atoms with van der Waals surface area (Å²) >= 11 is 3.16. The molecular formula is C9H10BrNO3. The molecule has 1 heterocycles. The van der Waals surface area contributed by atoms with Crippen LogP contribution in [0.15, 0.2) is 16.9 Å². The number of aromatic hydroxyl groups is 1. The standard InChI is InChI=1S/C9H10BrNO3/c1-2-14-8(13)3-6-4-11-5-7(12)9(6)10/h4-5,12H,2-3H2,1H3. The third kappa shape index (κ3) is 2.70. The normalized spacial score (nSPS) is 9.86. The second-order valence-electron chi connectivity index (χ2n) is 2.61. The highest BCUT2D eigenvalue weighted by atomic mass is 79.9. The van der Waals surface area contributed by atoms with E-state index < -0.39 is 0 Å². The van der Waals surface area contributed by atoms with E-state index in [9.17, 15) is 9.90 Å². The van der Waals surface area contributed by atoms with Gasteiger partial charge in [-0.15, -0.1) is 0 Å². The van der Waals surface area contributed by atoms with E-state index in [0.717, 1.165) is 0 Å². The van der Waals surface area contributed by atoms with Gasteiger partial charge in [-0.25, -0.2) is 0 Å². The van der Waals surface area contributed by atoms with E-state index in [0.29, 0.717) is 16.6 Å². The molecule has 1 aromatic heterocycles. The zero-order valence-corrected chi connectivity index (χ0v) is 9.24. The highest BCUT2D eigenvalue weighted by Crippen LogP contribution is 2.26. The first-order valence-corrected chi connectivity index (χ1v) is 4.91. The molecule has 0 fully saturated rings. The Hall–Kier alpha value is -1.10. The Morgan fingerprint density at radius 2 is 2.36 bits per heavy atom. The molecular weight excluding hydrogens is 250 g/mol. The Morgan fingerprint density at radius 1 is 1.64 bits per heavy atom. The molecule has 0 saturated heterocycles. The van der Waals surface area contributed by atoms with Crippen molar-refractivity contribution in [1.82, 2.24) is 4.98 Å². The number of carbonyl (C=O) groups excluding carboxylic acids is 1. The Labute approximate surface area is 90.0 Å². The molecule has 0 aliphatic rings. The lowest BCUT2D eigenvalue weighted by molar-refractivity contribution is -0.142. The molecule has 0 unspecified atom stereocenters. The maximum Gasteiger partial charge on any atom is 0.310 e. The molecule has 0 bridgehead atoms. The monoisotopic (exact) mass is 259 g/mol. The van der Waals surface area contributed by atoms with Crippen molar-refractivity contribution in [1.29, 1.82) is 0 Å². The van der Waals surface area contributed by atoms with Gasteiger partial charge in [-0.05, 0) is 28.4 Å². The summed E-state index contributed by atoms with van der Waals surface area (Å²) in [6.07, 6.45) is 2.93. The van der Waals surface area contributed by atoms with E-state index in [4.69, 9.17) is 4.74 Å². The fourth-order valence-corrected chi connectivity index (χ4v) is 1.31. The molecule has 1 aromatic rings. The Kier molecular flexibility index (Phi) is 3.88. The molecule has 0 saturated carbocycles. The quantitative estimate of drug-likeness (QED) is 0.839. The predicted molar refractivity (Wildman–Crippen MR) is 53.9 cm³/mol. The van der Waals surface area contributed by atoms with Crippen LogP contribution >= 0.6 is 15.9 Å². The van der Waals surface area contributed by atoms with Gasteiger partial charge < -0.3 is 9.84 Å². The molecule has 4 nitrogen and oxygen atoms in total. The molecule has 0 radical (unpaired) electrons.